The third-order valence-corrected chi connectivity index (χ3v) is 5.98. The Labute approximate surface area is 174 Å². The van der Waals surface area contributed by atoms with Gasteiger partial charge in [-0.2, -0.15) is 0 Å². The van der Waals surface area contributed by atoms with E-state index in [0.717, 1.165) is 29.2 Å². The number of nitrogen functional groups attached to an aromatic ring is 1. The topological polar surface area (TPSA) is 58.8 Å². The smallest absolute Gasteiger partial charge is 0.224 e. The normalized spacial score (nSPS) is 20.4. The standard InChI is InChI=1S/C24H33N3O2/c1-16-21-15-19(25)9-12-22(21)27(17(2)28)24(3,4)23(16)18-7-10-20(11-8-18)29-14-13-26(5)6/h7-12,15-16,23H,13-14,25H2,1-6H3. The fraction of sp³-hybridized carbons (Fsp3) is 0.458. The van der Waals surface area contributed by atoms with Gasteiger partial charge in [-0.3, -0.25) is 4.79 Å². The Morgan fingerprint density at radius 2 is 1.83 bits per heavy atom. The minimum absolute atomic E-state index is 0.0431. The number of ether oxygens (including phenoxy) is 1. The lowest BCUT2D eigenvalue weighted by Gasteiger charge is -2.51. The summed E-state index contributed by atoms with van der Waals surface area (Å²) in [4.78, 5) is 16.7. The largest absolute Gasteiger partial charge is 0.492 e. The van der Waals surface area contributed by atoms with Crippen LogP contribution >= 0.6 is 0 Å². The van der Waals surface area contributed by atoms with E-state index in [2.05, 4.69) is 37.8 Å². The van der Waals surface area contributed by atoms with Crippen LogP contribution in [0.3, 0.4) is 0 Å². The Kier molecular flexibility index (Phi) is 5.90. The fourth-order valence-corrected chi connectivity index (χ4v) is 4.77. The van der Waals surface area contributed by atoms with Crippen LogP contribution < -0.4 is 15.4 Å². The van der Waals surface area contributed by atoms with Crippen molar-refractivity contribution in [1.82, 2.24) is 4.90 Å². The SMILES string of the molecule is CC(=O)N1c2ccc(N)cc2C(C)C(c2ccc(OCCN(C)C)cc2)C1(C)C. The molecule has 2 N–H and O–H groups in total. The van der Waals surface area contributed by atoms with Crippen molar-refractivity contribution in [1.29, 1.82) is 0 Å². The molecule has 1 heterocycles. The first-order valence-corrected chi connectivity index (χ1v) is 10.2. The molecule has 156 valence electrons. The summed E-state index contributed by atoms with van der Waals surface area (Å²) in [7, 11) is 4.06. The Bertz CT molecular complexity index is 874. The highest BCUT2D eigenvalue weighted by atomic mass is 16.5. The monoisotopic (exact) mass is 395 g/mol. The highest BCUT2D eigenvalue weighted by Gasteiger charge is 2.47. The maximum atomic E-state index is 12.6. The summed E-state index contributed by atoms with van der Waals surface area (Å²) in [6.45, 7) is 9.69. The molecule has 0 radical (unpaired) electrons. The van der Waals surface area contributed by atoms with Gasteiger partial charge in [0.2, 0.25) is 5.91 Å². The van der Waals surface area contributed by atoms with Gasteiger partial charge in [0.05, 0.1) is 0 Å². The van der Waals surface area contributed by atoms with Gasteiger partial charge in [-0.05, 0) is 75.3 Å². The van der Waals surface area contributed by atoms with E-state index in [1.165, 1.54) is 5.56 Å². The maximum absolute atomic E-state index is 12.6. The van der Waals surface area contributed by atoms with Crippen molar-refractivity contribution in [2.45, 2.75) is 45.1 Å². The highest BCUT2D eigenvalue weighted by Crippen LogP contribution is 2.52. The van der Waals surface area contributed by atoms with Gasteiger partial charge < -0.3 is 20.3 Å². The van der Waals surface area contributed by atoms with Gasteiger partial charge in [0.1, 0.15) is 12.4 Å². The molecule has 0 saturated heterocycles. The number of nitrogens with zero attached hydrogens (tertiary/aromatic N) is 2. The molecular weight excluding hydrogens is 362 g/mol. The second kappa shape index (κ2) is 8.07. The van der Waals surface area contributed by atoms with Gasteiger partial charge in [0.25, 0.3) is 0 Å². The van der Waals surface area contributed by atoms with Gasteiger partial charge in [-0.25, -0.2) is 0 Å². The molecule has 1 aliphatic heterocycles. The van der Waals surface area contributed by atoms with Crippen LogP contribution in [0.1, 0.15) is 50.7 Å². The molecule has 0 aliphatic carbocycles. The average molecular weight is 396 g/mol. The summed E-state index contributed by atoms with van der Waals surface area (Å²) >= 11 is 0. The van der Waals surface area contributed by atoms with Crippen LogP contribution in [0, 0.1) is 0 Å². The van der Waals surface area contributed by atoms with Crippen LogP contribution in [-0.2, 0) is 4.79 Å². The van der Waals surface area contributed by atoms with Gasteiger partial charge >= 0.3 is 0 Å². The average Bonchev–Trinajstić information content (AvgIpc) is 2.62. The zero-order valence-electron chi connectivity index (χ0n) is 18.4. The highest BCUT2D eigenvalue weighted by molar-refractivity contribution is 5.95. The molecule has 1 aliphatic rings. The molecule has 5 nitrogen and oxygen atoms in total. The molecule has 5 heteroatoms. The van der Waals surface area contributed by atoms with E-state index in [1.807, 2.05) is 49.3 Å². The molecular formula is C24H33N3O2. The summed E-state index contributed by atoms with van der Waals surface area (Å²) in [5.74, 6) is 1.27. The predicted octanol–water partition coefficient (Wildman–Crippen LogP) is 4.24. The van der Waals surface area contributed by atoms with E-state index in [9.17, 15) is 4.79 Å². The third kappa shape index (κ3) is 4.10. The van der Waals surface area contributed by atoms with Crippen LogP contribution in [0.4, 0.5) is 11.4 Å². The summed E-state index contributed by atoms with van der Waals surface area (Å²) < 4.78 is 5.85. The molecule has 29 heavy (non-hydrogen) atoms. The van der Waals surface area contributed by atoms with Crippen LogP contribution in [0.2, 0.25) is 0 Å². The number of carbonyl (C=O) groups is 1. The second-order valence-electron chi connectivity index (χ2n) is 8.81. The summed E-state index contributed by atoms with van der Waals surface area (Å²) in [6.07, 6.45) is 0. The predicted molar refractivity (Wildman–Crippen MR) is 120 cm³/mol. The Morgan fingerprint density at radius 1 is 1.17 bits per heavy atom. The molecule has 3 rings (SSSR count). The Morgan fingerprint density at radius 3 is 2.41 bits per heavy atom. The number of hydrogen-bond acceptors (Lipinski definition) is 4. The van der Waals surface area contributed by atoms with Crippen LogP contribution in [-0.4, -0.2) is 43.6 Å². The van der Waals surface area contributed by atoms with Crippen LogP contribution in [0.15, 0.2) is 42.5 Å². The first kappa shape index (κ1) is 21.2. The number of carbonyl (C=O) groups excluding carboxylic acids is 1. The van der Waals surface area contributed by atoms with Crippen molar-refractivity contribution in [3.8, 4) is 5.75 Å². The van der Waals surface area contributed by atoms with E-state index in [4.69, 9.17) is 10.5 Å². The number of amides is 1. The minimum atomic E-state index is -0.373. The fourth-order valence-electron chi connectivity index (χ4n) is 4.77. The van der Waals surface area contributed by atoms with Crippen molar-refractivity contribution in [3.63, 3.8) is 0 Å². The van der Waals surface area contributed by atoms with Gasteiger partial charge in [0.15, 0.2) is 0 Å². The van der Waals surface area contributed by atoms with E-state index < -0.39 is 0 Å². The van der Waals surface area contributed by atoms with Crippen molar-refractivity contribution < 1.29 is 9.53 Å². The van der Waals surface area contributed by atoms with Gasteiger partial charge in [-0.15, -0.1) is 0 Å². The third-order valence-electron chi connectivity index (χ3n) is 5.98. The van der Waals surface area contributed by atoms with E-state index >= 15 is 0 Å². The number of hydrogen-bond donors (Lipinski definition) is 1. The Hall–Kier alpha value is -2.53. The first-order chi connectivity index (χ1) is 13.6. The molecule has 0 bridgehead atoms. The number of fused-ring (bicyclic) bond motifs is 1. The Balaban J connectivity index is 1.96. The maximum Gasteiger partial charge on any atom is 0.224 e. The second-order valence-corrected chi connectivity index (χ2v) is 8.81. The molecule has 2 atom stereocenters. The zero-order chi connectivity index (χ0) is 21.3. The number of rotatable bonds is 5. The first-order valence-electron chi connectivity index (χ1n) is 10.2. The van der Waals surface area contributed by atoms with Crippen molar-refractivity contribution in [3.05, 3.63) is 53.6 Å². The molecule has 0 saturated carbocycles. The number of anilines is 2. The molecule has 1 amide bonds. The molecule has 2 unspecified atom stereocenters. The van der Waals surface area contributed by atoms with Crippen molar-refractivity contribution in [2.24, 2.45) is 0 Å². The van der Waals surface area contributed by atoms with Crippen LogP contribution in [0.5, 0.6) is 5.75 Å². The number of nitrogens with two attached hydrogens (primary N) is 1. The summed E-state index contributed by atoms with van der Waals surface area (Å²) in [6, 6.07) is 14.2. The molecule has 2 aromatic carbocycles. The molecule has 0 fully saturated rings. The van der Waals surface area contributed by atoms with Gasteiger partial charge in [-0.1, -0.05) is 19.1 Å². The minimum Gasteiger partial charge on any atom is -0.492 e. The van der Waals surface area contributed by atoms with Gasteiger partial charge in [0, 0.05) is 36.3 Å². The molecule has 0 spiro atoms. The molecule has 2 aromatic rings. The lowest BCUT2D eigenvalue weighted by atomic mass is 9.67. The summed E-state index contributed by atoms with van der Waals surface area (Å²) in [5, 5.41) is 0. The summed E-state index contributed by atoms with van der Waals surface area (Å²) in [5.41, 5.74) is 9.71. The van der Waals surface area contributed by atoms with E-state index in [-0.39, 0.29) is 23.3 Å². The number of benzene rings is 2. The lowest BCUT2D eigenvalue weighted by Crippen LogP contribution is -2.55. The lowest BCUT2D eigenvalue weighted by molar-refractivity contribution is -0.118. The molecule has 0 aromatic heterocycles. The number of likely N-dealkylation sites (N-methyl/N-ethyl adjacent to an activating group) is 1. The van der Waals surface area contributed by atoms with E-state index in [0.29, 0.717) is 6.61 Å². The quantitative estimate of drug-likeness (QED) is 0.769. The van der Waals surface area contributed by atoms with Crippen LogP contribution in [0.25, 0.3) is 0 Å². The zero-order valence-corrected chi connectivity index (χ0v) is 18.4. The van der Waals surface area contributed by atoms with E-state index in [1.54, 1.807) is 6.92 Å². The van der Waals surface area contributed by atoms with Crippen molar-refractivity contribution >= 4 is 17.3 Å². The van der Waals surface area contributed by atoms with Crippen molar-refractivity contribution in [2.75, 3.05) is 37.9 Å².